The van der Waals surface area contributed by atoms with Crippen molar-refractivity contribution in [2.75, 3.05) is 0 Å². The Hall–Kier alpha value is -0.790. The van der Waals surface area contributed by atoms with Gasteiger partial charge in [0.1, 0.15) is 12.4 Å². The Kier molecular flexibility index (Phi) is 22.0. The second-order valence-electron chi connectivity index (χ2n) is 10.9. The van der Waals surface area contributed by atoms with Crippen LogP contribution in [0.5, 0.6) is 0 Å². The van der Waals surface area contributed by atoms with Crippen LogP contribution in [-0.4, -0.2) is 4.57 Å². The van der Waals surface area contributed by atoms with Gasteiger partial charge in [0.15, 0.2) is 0 Å². The Balaban J connectivity index is 2.37. The van der Waals surface area contributed by atoms with E-state index in [0.717, 1.165) is 0 Å². The number of rotatable bonds is 26. The molecular formula is C32H63N2+. The van der Waals surface area contributed by atoms with E-state index in [4.69, 9.17) is 0 Å². The maximum Gasteiger partial charge on any atom is 0.256 e. The van der Waals surface area contributed by atoms with E-state index in [9.17, 15) is 0 Å². The number of aryl methyl sites for hydroxylation is 2. The first-order chi connectivity index (χ1) is 16.8. The Labute approximate surface area is 215 Å². The van der Waals surface area contributed by atoms with E-state index in [1.807, 2.05) is 0 Å². The fraction of sp³-hybridized carbons (Fsp3) is 0.906. The van der Waals surface area contributed by atoms with Crippen molar-refractivity contribution in [1.82, 2.24) is 4.57 Å². The third-order valence-corrected chi connectivity index (χ3v) is 7.60. The van der Waals surface area contributed by atoms with E-state index < -0.39 is 0 Å². The highest BCUT2D eigenvalue weighted by molar-refractivity contribution is 4.84. The van der Waals surface area contributed by atoms with Crippen molar-refractivity contribution in [2.45, 2.75) is 188 Å². The van der Waals surface area contributed by atoms with Gasteiger partial charge < -0.3 is 0 Å². The molecule has 0 spiro atoms. The molecule has 0 amide bonds. The van der Waals surface area contributed by atoms with Gasteiger partial charge in [-0.05, 0) is 32.1 Å². The lowest BCUT2D eigenvalue weighted by molar-refractivity contribution is -0.704. The normalized spacial score (nSPS) is 11.5. The summed E-state index contributed by atoms with van der Waals surface area (Å²) in [5.74, 6) is 1.61. The number of aromatic nitrogens is 2. The van der Waals surface area contributed by atoms with E-state index in [1.165, 1.54) is 167 Å². The number of hydrogen-bond acceptors (Lipinski definition) is 0. The van der Waals surface area contributed by atoms with Crippen molar-refractivity contribution in [2.24, 2.45) is 0 Å². The predicted molar refractivity (Wildman–Crippen MR) is 152 cm³/mol. The van der Waals surface area contributed by atoms with Gasteiger partial charge in [-0.15, -0.1) is 0 Å². The zero-order valence-corrected chi connectivity index (χ0v) is 23.9. The van der Waals surface area contributed by atoms with Gasteiger partial charge in [0, 0.05) is 6.42 Å². The lowest BCUT2D eigenvalue weighted by atomic mass is 10.1. The lowest BCUT2D eigenvalue weighted by Crippen LogP contribution is -2.37. The van der Waals surface area contributed by atoms with Crippen LogP contribution in [0, 0.1) is 0 Å². The number of imidazole rings is 1. The molecule has 0 N–H and O–H groups in total. The fourth-order valence-electron chi connectivity index (χ4n) is 5.26. The molecule has 0 saturated carbocycles. The highest BCUT2D eigenvalue weighted by atomic mass is 15.1. The summed E-state index contributed by atoms with van der Waals surface area (Å²) in [7, 11) is 0. The van der Waals surface area contributed by atoms with Gasteiger partial charge in [-0.2, -0.15) is 0 Å². The van der Waals surface area contributed by atoms with Crippen LogP contribution in [0.1, 0.15) is 174 Å². The van der Waals surface area contributed by atoms with Crippen LogP contribution in [0.4, 0.5) is 0 Å². The third kappa shape index (κ3) is 16.8. The first-order valence-corrected chi connectivity index (χ1v) is 15.9. The second-order valence-corrected chi connectivity index (χ2v) is 10.9. The van der Waals surface area contributed by atoms with E-state index >= 15 is 0 Å². The molecule has 0 aliphatic rings. The van der Waals surface area contributed by atoms with Gasteiger partial charge in [0.05, 0.1) is 13.1 Å². The van der Waals surface area contributed by atoms with Crippen molar-refractivity contribution in [1.29, 1.82) is 0 Å². The molecule has 0 bridgehead atoms. The largest absolute Gasteiger partial charge is 0.256 e. The summed E-state index contributed by atoms with van der Waals surface area (Å²) in [6.07, 6.45) is 38.5. The SMILES string of the molecule is CCCCCCCCCCCc1n(CCCCCCCC)cc[n+]1CCCCCCCCCC. The minimum atomic E-state index is 1.23. The topological polar surface area (TPSA) is 8.81 Å². The average molecular weight is 476 g/mol. The molecule has 0 radical (unpaired) electrons. The van der Waals surface area contributed by atoms with Crippen LogP contribution in [0.3, 0.4) is 0 Å². The lowest BCUT2D eigenvalue weighted by Gasteiger charge is -2.07. The maximum atomic E-state index is 2.61. The Morgan fingerprint density at radius 2 is 0.912 bits per heavy atom. The predicted octanol–water partition coefficient (Wildman–Crippen LogP) is 10.4. The first kappa shape index (κ1) is 31.2. The molecule has 0 fully saturated rings. The highest BCUT2D eigenvalue weighted by Gasteiger charge is 2.16. The standard InChI is InChI=1S/C32H63N2/c1-4-7-10-13-16-18-19-21-24-27-32-33(28-25-22-15-12-9-6-3)30-31-34(32)29-26-23-20-17-14-11-8-5-2/h30-31H,4-29H2,1-3H3/q+1. The number of unbranched alkanes of at least 4 members (excludes halogenated alkanes) is 20. The van der Waals surface area contributed by atoms with Crippen LogP contribution in [0.25, 0.3) is 0 Å². The summed E-state index contributed by atoms with van der Waals surface area (Å²) in [4.78, 5) is 0. The molecule has 0 atom stereocenters. The van der Waals surface area contributed by atoms with Gasteiger partial charge in [-0.1, -0.05) is 136 Å². The van der Waals surface area contributed by atoms with Crippen LogP contribution < -0.4 is 4.57 Å². The van der Waals surface area contributed by atoms with Crippen LogP contribution in [0.15, 0.2) is 12.4 Å². The zero-order valence-electron chi connectivity index (χ0n) is 23.9. The minimum Gasteiger partial charge on any atom is -0.234 e. The molecule has 1 aromatic rings. The Morgan fingerprint density at radius 1 is 0.500 bits per heavy atom. The molecule has 34 heavy (non-hydrogen) atoms. The van der Waals surface area contributed by atoms with Gasteiger partial charge in [0.2, 0.25) is 0 Å². The van der Waals surface area contributed by atoms with E-state index in [2.05, 4.69) is 42.3 Å². The molecule has 0 saturated heterocycles. The zero-order chi connectivity index (χ0) is 24.5. The summed E-state index contributed by atoms with van der Waals surface area (Å²) in [6, 6.07) is 0. The minimum absolute atomic E-state index is 1.23. The van der Waals surface area contributed by atoms with Gasteiger partial charge in [-0.25, -0.2) is 9.13 Å². The summed E-state index contributed by atoms with van der Waals surface area (Å²) in [6.45, 7) is 9.38. The highest BCUT2D eigenvalue weighted by Crippen LogP contribution is 2.13. The van der Waals surface area contributed by atoms with Crippen LogP contribution >= 0.6 is 0 Å². The summed E-state index contributed by atoms with van der Waals surface area (Å²) < 4.78 is 5.22. The Morgan fingerprint density at radius 3 is 1.41 bits per heavy atom. The second kappa shape index (κ2) is 23.9. The molecule has 0 aliphatic heterocycles. The van der Waals surface area contributed by atoms with E-state index in [-0.39, 0.29) is 0 Å². The van der Waals surface area contributed by atoms with Crippen molar-refractivity contribution < 1.29 is 4.57 Å². The summed E-state index contributed by atoms with van der Waals surface area (Å²) >= 11 is 0. The smallest absolute Gasteiger partial charge is 0.234 e. The molecule has 1 heterocycles. The fourth-order valence-corrected chi connectivity index (χ4v) is 5.26. The first-order valence-electron chi connectivity index (χ1n) is 15.9. The summed E-state index contributed by atoms with van der Waals surface area (Å²) in [5, 5.41) is 0. The molecule has 0 aromatic carbocycles. The van der Waals surface area contributed by atoms with Gasteiger partial charge in [0.25, 0.3) is 5.82 Å². The molecule has 1 aromatic heterocycles. The molecule has 1 rings (SSSR count). The summed E-state index contributed by atoms with van der Waals surface area (Å²) in [5.41, 5.74) is 0. The van der Waals surface area contributed by atoms with Crippen LogP contribution in [0.2, 0.25) is 0 Å². The maximum absolute atomic E-state index is 2.61. The van der Waals surface area contributed by atoms with Crippen molar-refractivity contribution in [3.63, 3.8) is 0 Å². The molecule has 2 heteroatoms. The van der Waals surface area contributed by atoms with Gasteiger partial charge in [-0.3, -0.25) is 0 Å². The number of hydrogen-bond donors (Lipinski definition) is 0. The molecule has 2 nitrogen and oxygen atoms in total. The van der Waals surface area contributed by atoms with Gasteiger partial charge >= 0.3 is 0 Å². The molecule has 0 unspecified atom stereocenters. The molecule has 200 valence electrons. The molecule has 0 aliphatic carbocycles. The molecular weight excluding hydrogens is 412 g/mol. The monoisotopic (exact) mass is 475 g/mol. The van der Waals surface area contributed by atoms with Crippen molar-refractivity contribution >= 4 is 0 Å². The van der Waals surface area contributed by atoms with E-state index in [0.29, 0.717) is 0 Å². The van der Waals surface area contributed by atoms with Crippen molar-refractivity contribution in [3.8, 4) is 0 Å². The van der Waals surface area contributed by atoms with Crippen LogP contribution in [-0.2, 0) is 19.5 Å². The average Bonchev–Trinajstić information content (AvgIpc) is 3.23. The Bertz CT molecular complexity index is 533. The number of nitrogens with zero attached hydrogens (tertiary/aromatic N) is 2. The quantitative estimate of drug-likeness (QED) is 0.0930. The third-order valence-electron chi connectivity index (χ3n) is 7.60. The van der Waals surface area contributed by atoms with E-state index in [1.54, 1.807) is 5.82 Å². The van der Waals surface area contributed by atoms with Crippen molar-refractivity contribution in [3.05, 3.63) is 18.2 Å².